The molecule has 0 saturated heterocycles. The molecule has 0 saturated carbocycles. The van der Waals surface area contributed by atoms with Crippen LogP contribution in [0.4, 0.5) is 0 Å². The maximum Gasteiger partial charge on any atom is 0.254 e. The zero-order chi connectivity index (χ0) is 25.8. The molecule has 2 amide bonds. The smallest absolute Gasteiger partial charge is 0.254 e. The zero-order valence-corrected chi connectivity index (χ0v) is 21.5. The standard InChI is InChI=1S/C28H29ClN2O5/c1-31-26(18-7-11-20(34-2)12-8-18)25(27(32)30-14-13-17-5-9-19(29)10-6-17)21-15-23(35-3)24(36-4)16-22(21)28(31)33/h5-12,15-16,25-26H,13-14H2,1-4H3,(H,30,32)/t25-,26-/m0/s1. The summed E-state index contributed by atoms with van der Waals surface area (Å²) in [6, 6.07) is 17.8. The minimum Gasteiger partial charge on any atom is -0.497 e. The lowest BCUT2D eigenvalue weighted by molar-refractivity contribution is -0.124. The quantitative estimate of drug-likeness (QED) is 0.480. The first-order chi connectivity index (χ1) is 17.4. The van der Waals surface area contributed by atoms with Crippen molar-refractivity contribution in [2.75, 3.05) is 34.9 Å². The SMILES string of the molecule is COc1ccc([C@H]2[C@@H](C(=O)NCCc3ccc(Cl)cc3)c3cc(OC)c(OC)cc3C(=O)N2C)cc1. The molecule has 0 bridgehead atoms. The summed E-state index contributed by atoms with van der Waals surface area (Å²) >= 11 is 5.98. The molecule has 0 unspecified atom stereocenters. The Hall–Kier alpha value is -3.71. The number of carbonyl (C=O) groups excluding carboxylic acids is 2. The molecule has 2 atom stereocenters. The molecule has 0 spiro atoms. The first kappa shape index (κ1) is 25.4. The number of nitrogens with one attached hydrogen (secondary N) is 1. The highest BCUT2D eigenvalue weighted by atomic mass is 35.5. The van der Waals surface area contributed by atoms with Crippen molar-refractivity contribution in [2.24, 2.45) is 0 Å². The normalized spacial score (nSPS) is 16.8. The van der Waals surface area contributed by atoms with Gasteiger partial charge in [-0.2, -0.15) is 0 Å². The van der Waals surface area contributed by atoms with E-state index in [0.29, 0.717) is 46.4 Å². The van der Waals surface area contributed by atoms with Crippen LogP contribution in [0.1, 0.15) is 39.0 Å². The molecule has 0 aliphatic carbocycles. The largest absolute Gasteiger partial charge is 0.497 e. The molecule has 8 heteroatoms. The summed E-state index contributed by atoms with van der Waals surface area (Å²) in [6.07, 6.45) is 0.649. The minimum absolute atomic E-state index is 0.183. The third-order valence-electron chi connectivity index (χ3n) is 6.54. The van der Waals surface area contributed by atoms with Crippen LogP contribution in [0.5, 0.6) is 17.2 Å². The fraction of sp³-hybridized carbons (Fsp3) is 0.286. The van der Waals surface area contributed by atoms with Gasteiger partial charge in [0.2, 0.25) is 5.91 Å². The zero-order valence-electron chi connectivity index (χ0n) is 20.7. The summed E-state index contributed by atoms with van der Waals surface area (Å²) in [6.45, 7) is 0.437. The Labute approximate surface area is 215 Å². The number of ether oxygens (including phenoxy) is 3. The van der Waals surface area contributed by atoms with Gasteiger partial charge in [0, 0.05) is 24.2 Å². The molecule has 0 fully saturated rings. The molecule has 36 heavy (non-hydrogen) atoms. The van der Waals surface area contributed by atoms with Crippen molar-refractivity contribution in [2.45, 2.75) is 18.4 Å². The number of fused-ring (bicyclic) bond motifs is 1. The lowest BCUT2D eigenvalue weighted by Gasteiger charge is -2.40. The van der Waals surface area contributed by atoms with E-state index in [1.54, 1.807) is 31.2 Å². The van der Waals surface area contributed by atoms with E-state index in [4.69, 9.17) is 25.8 Å². The summed E-state index contributed by atoms with van der Waals surface area (Å²) < 4.78 is 16.2. The van der Waals surface area contributed by atoms with E-state index < -0.39 is 12.0 Å². The van der Waals surface area contributed by atoms with E-state index in [-0.39, 0.29) is 11.8 Å². The first-order valence-corrected chi connectivity index (χ1v) is 11.9. The van der Waals surface area contributed by atoms with E-state index in [0.717, 1.165) is 11.1 Å². The third-order valence-corrected chi connectivity index (χ3v) is 6.79. The van der Waals surface area contributed by atoms with Crippen LogP contribution in [-0.2, 0) is 11.2 Å². The molecule has 1 heterocycles. The highest BCUT2D eigenvalue weighted by molar-refractivity contribution is 6.30. The maximum absolute atomic E-state index is 13.8. The Morgan fingerprint density at radius 3 is 2.19 bits per heavy atom. The van der Waals surface area contributed by atoms with Crippen LogP contribution in [0.25, 0.3) is 0 Å². The van der Waals surface area contributed by atoms with E-state index in [1.165, 1.54) is 14.2 Å². The van der Waals surface area contributed by atoms with Crippen molar-refractivity contribution in [3.05, 3.63) is 87.9 Å². The fourth-order valence-corrected chi connectivity index (χ4v) is 4.77. The van der Waals surface area contributed by atoms with Gasteiger partial charge in [-0.25, -0.2) is 0 Å². The van der Waals surface area contributed by atoms with Gasteiger partial charge in [-0.15, -0.1) is 0 Å². The summed E-state index contributed by atoms with van der Waals surface area (Å²) in [5, 5.41) is 3.74. The molecule has 4 rings (SSSR count). The lowest BCUT2D eigenvalue weighted by Crippen LogP contribution is -2.46. The van der Waals surface area contributed by atoms with Gasteiger partial charge in [0.25, 0.3) is 5.91 Å². The van der Waals surface area contributed by atoms with E-state index >= 15 is 0 Å². The van der Waals surface area contributed by atoms with Crippen molar-refractivity contribution >= 4 is 23.4 Å². The Bertz CT molecular complexity index is 1240. The number of hydrogen-bond acceptors (Lipinski definition) is 5. The minimum atomic E-state index is -0.666. The van der Waals surface area contributed by atoms with Gasteiger partial charge in [-0.3, -0.25) is 9.59 Å². The second-order valence-electron chi connectivity index (χ2n) is 8.57. The molecule has 188 valence electrons. The topological polar surface area (TPSA) is 77.1 Å². The second kappa shape index (κ2) is 10.9. The summed E-state index contributed by atoms with van der Waals surface area (Å²) in [4.78, 5) is 28.8. The number of nitrogens with zero attached hydrogens (tertiary/aromatic N) is 1. The molecule has 1 aliphatic rings. The van der Waals surface area contributed by atoms with Crippen molar-refractivity contribution in [1.29, 1.82) is 0 Å². The predicted molar refractivity (Wildman–Crippen MR) is 138 cm³/mol. The van der Waals surface area contributed by atoms with Crippen molar-refractivity contribution in [3.8, 4) is 17.2 Å². The summed E-state index contributed by atoms with van der Waals surface area (Å²) in [7, 11) is 6.36. The van der Waals surface area contributed by atoms with Crippen LogP contribution in [0.15, 0.2) is 60.7 Å². The van der Waals surface area contributed by atoms with Gasteiger partial charge >= 0.3 is 0 Å². The van der Waals surface area contributed by atoms with Gasteiger partial charge in [0.05, 0.1) is 33.3 Å². The average molecular weight is 509 g/mol. The molecule has 1 aliphatic heterocycles. The Balaban J connectivity index is 1.72. The van der Waals surface area contributed by atoms with Gasteiger partial charge < -0.3 is 24.4 Å². The Morgan fingerprint density at radius 1 is 0.944 bits per heavy atom. The van der Waals surface area contributed by atoms with Crippen LogP contribution in [-0.4, -0.2) is 51.6 Å². The third kappa shape index (κ3) is 4.97. The number of rotatable bonds is 8. The van der Waals surface area contributed by atoms with Gasteiger partial charge in [-0.1, -0.05) is 35.9 Å². The summed E-state index contributed by atoms with van der Waals surface area (Å²) in [5.41, 5.74) is 2.90. The van der Waals surface area contributed by atoms with Crippen LogP contribution in [0.2, 0.25) is 5.02 Å². The van der Waals surface area contributed by atoms with E-state index in [9.17, 15) is 9.59 Å². The van der Waals surface area contributed by atoms with E-state index in [1.807, 2.05) is 48.5 Å². The number of methoxy groups -OCH3 is 3. The van der Waals surface area contributed by atoms with Crippen LogP contribution in [0, 0.1) is 0 Å². The van der Waals surface area contributed by atoms with Gasteiger partial charge in [0.15, 0.2) is 11.5 Å². The predicted octanol–water partition coefficient (Wildman–Crippen LogP) is 4.64. The number of halogens is 1. The molecular weight excluding hydrogens is 480 g/mol. The van der Waals surface area contributed by atoms with Gasteiger partial charge in [-0.05, 0) is 59.5 Å². The highest BCUT2D eigenvalue weighted by Crippen LogP contribution is 2.45. The molecule has 0 aromatic heterocycles. The van der Waals surface area contributed by atoms with E-state index in [2.05, 4.69) is 5.32 Å². The number of benzene rings is 3. The van der Waals surface area contributed by atoms with Gasteiger partial charge in [0.1, 0.15) is 5.75 Å². The molecule has 3 aromatic carbocycles. The van der Waals surface area contributed by atoms with Crippen molar-refractivity contribution in [3.63, 3.8) is 0 Å². The highest BCUT2D eigenvalue weighted by Gasteiger charge is 2.43. The lowest BCUT2D eigenvalue weighted by atomic mass is 9.79. The molecule has 3 aromatic rings. The monoisotopic (exact) mass is 508 g/mol. The second-order valence-corrected chi connectivity index (χ2v) is 9.01. The van der Waals surface area contributed by atoms with Crippen molar-refractivity contribution < 1.29 is 23.8 Å². The maximum atomic E-state index is 13.8. The molecule has 1 N–H and O–H groups in total. The number of likely N-dealkylation sites (N-methyl/N-ethyl adjacent to an activating group) is 1. The number of amides is 2. The van der Waals surface area contributed by atoms with Crippen molar-refractivity contribution in [1.82, 2.24) is 10.2 Å². The van der Waals surface area contributed by atoms with Crippen LogP contribution in [0.3, 0.4) is 0 Å². The first-order valence-electron chi connectivity index (χ1n) is 11.6. The van der Waals surface area contributed by atoms with Crippen LogP contribution < -0.4 is 19.5 Å². The fourth-order valence-electron chi connectivity index (χ4n) is 4.64. The Morgan fingerprint density at radius 2 is 1.58 bits per heavy atom. The van der Waals surface area contributed by atoms with Crippen LogP contribution >= 0.6 is 11.6 Å². The molecule has 7 nitrogen and oxygen atoms in total. The summed E-state index contributed by atoms with van der Waals surface area (Å²) in [5.74, 6) is 0.541. The molecule has 0 radical (unpaired) electrons. The molecular formula is C28H29ClN2O5. The number of carbonyl (C=O) groups is 2. The average Bonchev–Trinajstić information content (AvgIpc) is 2.90. The number of hydrogen-bond donors (Lipinski definition) is 1. The Kier molecular flexibility index (Phi) is 7.70.